The summed E-state index contributed by atoms with van der Waals surface area (Å²) in [4.78, 5) is 15.5. The van der Waals surface area contributed by atoms with Crippen molar-refractivity contribution in [2.75, 3.05) is 10.2 Å². The fourth-order valence-electron chi connectivity index (χ4n) is 3.93. The van der Waals surface area contributed by atoms with Crippen LogP contribution in [0.25, 0.3) is 10.8 Å². The predicted octanol–water partition coefficient (Wildman–Crippen LogP) is 6.52. The van der Waals surface area contributed by atoms with Crippen molar-refractivity contribution in [3.63, 3.8) is 0 Å². The second-order valence-electron chi connectivity index (χ2n) is 7.36. The van der Waals surface area contributed by atoms with Crippen LogP contribution in [0, 0.1) is 10.5 Å². The van der Waals surface area contributed by atoms with Crippen molar-refractivity contribution in [1.82, 2.24) is 0 Å². The number of hydrogen-bond donors (Lipinski definition) is 1. The van der Waals surface area contributed by atoms with Crippen molar-refractivity contribution in [3.8, 4) is 0 Å². The highest BCUT2D eigenvalue weighted by molar-refractivity contribution is 14.1. The van der Waals surface area contributed by atoms with Gasteiger partial charge in [0.05, 0.1) is 5.56 Å². The molecule has 0 bridgehead atoms. The molecule has 4 heteroatoms. The second kappa shape index (κ2) is 7.19. The van der Waals surface area contributed by atoms with E-state index < -0.39 is 0 Å². The molecule has 1 amide bonds. The molecule has 0 saturated heterocycles. The van der Waals surface area contributed by atoms with Gasteiger partial charge in [-0.05, 0) is 87.8 Å². The van der Waals surface area contributed by atoms with Crippen LogP contribution in [0.1, 0.15) is 27.7 Å². The molecule has 29 heavy (non-hydrogen) atoms. The van der Waals surface area contributed by atoms with Crippen LogP contribution < -0.4 is 10.2 Å². The Morgan fingerprint density at radius 2 is 1.69 bits per heavy atom. The average molecular weight is 490 g/mol. The molecule has 4 aromatic carbocycles. The van der Waals surface area contributed by atoms with Crippen LogP contribution in [0.4, 0.5) is 11.4 Å². The SMILES string of the molecule is Cc1cccc(N2C(=O)c3cc(I)ccc3N[C@@H]2c2ccc3ccccc3c2)c1. The second-order valence-corrected chi connectivity index (χ2v) is 8.60. The van der Waals surface area contributed by atoms with Crippen LogP contribution in [-0.4, -0.2) is 5.91 Å². The Hall–Kier alpha value is -2.86. The molecule has 0 spiro atoms. The number of amides is 1. The third-order valence-corrected chi connectivity index (χ3v) is 6.02. The largest absolute Gasteiger partial charge is 0.360 e. The quantitative estimate of drug-likeness (QED) is 0.325. The number of fused-ring (bicyclic) bond motifs is 2. The summed E-state index contributed by atoms with van der Waals surface area (Å²) >= 11 is 2.25. The summed E-state index contributed by atoms with van der Waals surface area (Å²) < 4.78 is 1.05. The Morgan fingerprint density at radius 3 is 2.52 bits per heavy atom. The lowest BCUT2D eigenvalue weighted by molar-refractivity contribution is 0.0975. The molecule has 1 heterocycles. The van der Waals surface area contributed by atoms with E-state index in [4.69, 9.17) is 0 Å². The Labute approximate surface area is 183 Å². The highest BCUT2D eigenvalue weighted by Gasteiger charge is 2.34. The zero-order chi connectivity index (χ0) is 20.0. The number of aryl methyl sites for hydroxylation is 1. The maximum atomic E-state index is 13.6. The van der Waals surface area contributed by atoms with Gasteiger partial charge in [-0.25, -0.2) is 0 Å². The first kappa shape index (κ1) is 18.2. The molecule has 0 aliphatic carbocycles. The van der Waals surface area contributed by atoms with Gasteiger partial charge in [0.1, 0.15) is 6.17 Å². The molecule has 0 saturated carbocycles. The first-order chi connectivity index (χ1) is 14.1. The van der Waals surface area contributed by atoms with Gasteiger partial charge in [0, 0.05) is 14.9 Å². The van der Waals surface area contributed by atoms with E-state index in [-0.39, 0.29) is 12.1 Å². The summed E-state index contributed by atoms with van der Waals surface area (Å²) in [5.41, 5.74) is 4.65. The maximum Gasteiger partial charge on any atom is 0.262 e. The van der Waals surface area contributed by atoms with Gasteiger partial charge in [-0.15, -0.1) is 0 Å². The minimum atomic E-state index is -0.276. The molecular formula is C25H19IN2O. The third-order valence-electron chi connectivity index (χ3n) is 5.35. The monoisotopic (exact) mass is 490 g/mol. The molecule has 3 nitrogen and oxygen atoms in total. The normalized spacial score (nSPS) is 15.9. The van der Waals surface area contributed by atoms with Gasteiger partial charge in [-0.2, -0.15) is 0 Å². The molecule has 0 unspecified atom stereocenters. The number of hydrogen-bond acceptors (Lipinski definition) is 2. The molecule has 0 radical (unpaired) electrons. The summed E-state index contributed by atoms with van der Waals surface area (Å²) in [6, 6.07) is 28.8. The lowest BCUT2D eigenvalue weighted by Crippen LogP contribution is -2.43. The lowest BCUT2D eigenvalue weighted by Gasteiger charge is -2.38. The van der Waals surface area contributed by atoms with E-state index in [1.54, 1.807) is 0 Å². The number of anilines is 2. The number of carbonyl (C=O) groups is 1. The first-order valence-corrected chi connectivity index (χ1v) is 10.6. The summed E-state index contributed by atoms with van der Waals surface area (Å²) in [6.45, 7) is 2.05. The van der Waals surface area contributed by atoms with Gasteiger partial charge >= 0.3 is 0 Å². The van der Waals surface area contributed by atoms with E-state index in [1.165, 1.54) is 5.39 Å². The third kappa shape index (κ3) is 3.27. The van der Waals surface area contributed by atoms with Crippen molar-refractivity contribution >= 4 is 50.6 Å². The first-order valence-electron chi connectivity index (χ1n) is 9.55. The molecule has 142 valence electrons. The van der Waals surface area contributed by atoms with Crippen molar-refractivity contribution in [3.05, 3.63) is 105 Å². The smallest absolute Gasteiger partial charge is 0.262 e. The zero-order valence-corrected chi connectivity index (χ0v) is 18.1. The molecular weight excluding hydrogens is 471 g/mol. The van der Waals surface area contributed by atoms with Crippen LogP contribution in [0.5, 0.6) is 0 Å². The molecule has 1 N–H and O–H groups in total. The lowest BCUT2D eigenvalue weighted by atomic mass is 10.00. The summed E-state index contributed by atoms with van der Waals surface area (Å²) in [5.74, 6) is 0.0148. The van der Waals surface area contributed by atoms with Crippen LogP contribution in [0.2, 0.25) is 0 Å². The van der Waals surface area contributed by atoms with Gasteiger partial charge in [-0.3, -0.25) is 9.69 Å². The van der Waals surface area contributed by atoms with Gasteiger partial charge in [0.15, 0.2) is 0 Å². The van der Waals surface area contributed by atoms with Crippen molar-refractivity contribution in [2.24, 2.45) is 0 Å². The van der Waals surface area contributed by atoms with E-state index in [0.29, 0.717) is 5.56 Å². The van der Waals surface area contributed by atoms with Crippen LogP contribution in [0.3, 0.4) is 0 Å². The molecule has 1 atom stereocenters. The van der Waals surface area contributed by atoms with Crippen LogP contribution in [-0.2, 0) is 0 Å². The Balaban J connectivity index is 1.69. The van der Waals surface area contributed by atoms with E-state index in [0.717, 1.165) is 31.5 Å². The van der Waals surface area contributed by atoms with E-state index in [2.05, 4.69) is 64.3 Å². The Kier molecular flexibility index (Phi) is 4.51. The number of benzene rings is 4. The van der Waals surface area contributed by atoms with Gasteiger partial charge in [-0.1, -0.05) is 48.5 Å². The van der Waals surface area contributed by atoms with E-state index >= 15 is 0 Å². The van der Waals surface area contributed by atoms with Crippen molar-refractivity contribution in [2.45, 2.75) is 13.1 Å². The highest BCUT2D eigenvalue weighted by Crippen LogP contribution is 2.38. The number of rotatable bonds is 2. The molecule has 4 aromatic rings. The van der Waals surface area contributed by atoms with Crippen LogP contribution in [0.15, 0.2) is 84.9 Å². The summed E-state index contributed by atoms with van der Waals surface area (Å²) in [5, 5.41) is 5.96. The average Bonchev–Trinajstić information content (AvgIpc) is 2.73. The molecule has 0 fully saturated rings. The highest BCUT2D eigenvalue weighted by atomic mass is 127. The fourth-order valence-corrected chi connectivity index (χ4v) is 4.42. The molecule has 0 aromatic heterocycles. The predicted molar refractivity (Wildman–Crippen MR) is 127 cm³/mol. The Bertz CT molecular complexity index is 1250. The Morgan fingerprint density at radius 1 is 0.862 bits per heavy atom. The van der Waals surface area contributed by atoms with E-state index in [1.807, 2.05) is 60.4 Å². The molecule has 5 rings (SSSR count). The van der Waals surface area contributed by atoms with Gasteiger partial charge < -0.3 is 5.32 Å². The number of nitrogens with one attached hydrogen (secondary N) is 1. The fraction of sp³-hybridized carbons (Fsp3) is 0.0800. The van der Waals surface area contributed by atoms with Crippen LogP contribution >= 0.6 is 22.6 Å². The zero-order valence-electron chi connectivity index (χ0n) is 15.9. The molecule has 1 aliphatic rings. The minimum Gasteiger partial charge on any atom is -0.360 e. The van der Waals surface area contributed by atoms with Crippen molar-refractivity contribution in [1.29, 1.82) is 0 Å². The number of halogens is 1. The summed E-state index contributed by atoms with van der Waals surface area (Å²) in [7, 11) is 0. The van der Waals surface area contributed by atoms with E-state index in [9.17, 15) is 4.79 Å². The standard InChI is InChI=1S/C25H19IN2O/c1-16-5-4-8-21(13-16)28-24(19-10-9-17-6-2-3-7-18(17)14-19)27-23-12-11-20(26)15-22(23)25(28)29/h2-15,24,27H,1H3/t24-/m0/s1. The van der Waals surface area contributed by atoms with Gasteiger partial charge in [0.25, 0.3) is 5.91 Å². The number of nitrogens with zero attached hydrogens (tertiary/aromatic N) is 1. The maximum absolute atomic E-state index is 13.6. The van der Waals surface area contributed by atoms with Crippen molar-refractivity contribution < 1.29 is 4.79 Å². The topological polar surface area (TPSA) is 32.3 Å². The summed E-state index contributed by atoms with van der Waals surface area (Å²) in [6.07, 6.45) is -0.276. The molecule has 1 aliphatic heterocycles. The van der Waals surface area contributed by atoms with Gasteiger partial charge in [0.2, 0.25) is 0 Å². The minimum absolute atomic E-state index is 0.0148. The number of carbonyl (C=O) groups excluding carboxylic acids is 1.